The Morgan fingerprint density at radius 2 is 1.64 bits per heavy atom. The van der Waals surface area contributed by atoms with Crippen LogP contribution in [0.2, 0.25) is 0 Å². The first-order valence-corrected chi connectivity index (χ1v) is 9.87. The molecule has 0 radical (unpaired) electrons. The predicted molar refractivity (Wildman–Crippen MR) is 102 cm³/mol. The van der Waals surface area contributed by atoms with Crippen molar-refractivity contribution in [3.8, 4) is 0 Å². The molecule has 1 aromatic heterocycles. The second-order valence-corrected chi connectivity index (χ2v) is 8.01. The van der Waals surface area contributed by atoms with Crippen LogP contribution in [0, 0.1) is 0 Å². The molecule has 1 aromatic carbocycles. The molecule has 0 fully saturated rings. The molecular weight excluding hydrogens is 328 g/mol. The van der Waals surface area contributed by atoms with Gasteiger partial charge in [0.15, 0.2) is 5.17 Å². The van der Waals surface area contributed by atoms with Gasteiger partial charge in [0.1, 0.15) is 6.33 Å². The van der Waals surface area contributed by atoms with Gasteiger partial charge in [-0.05, 0) is 78.1 Å². The number of hydrogen-bond acceptors (Lipinski definition) is 5. The standard InChI is InChI=1S/C20H20N4S/c1-3-13-7-14-4-2-6-18(14)19(17(13)5-1)8-15-9-23-20(24-15)25-16-10-21-12-22-11-16/h7,10-12H,1-6,8-9H2. The minimum atomic E-state index is 0.731. The van der Waals surface area contributed by atoms with E-state index in [1.807, 2.05) is 12.4 Å². The lowest BCUT2D eigenvalue weighted by Gasteiger charge is -2.15. The van der Waals surface area contributed by atoms with Crippen LogP contribution in [0.1, 0.15) is 40.7 Å². The molecule has 5 rings (SSSR count). The highest BCUT2D eigenvalue weighted by atomic mass is 32.2. The van der Waals surface area contributed by atoms with E-state index < -0.39 is 0 Å². The summed E-state index contributed by atoms with van der Waals surface area (Å²) in [5, 5.41) is 0.842. The maximum atomic E-state index is 4.80. The van der Waals surface area contributed by atoms with Gasteiger partial charge >= 0.3 is 0 Å². The van der Waals surface area contributed by atoms with E-state index in [0.717, 1.165) is 23.0 Å². The SMILES string of the molecule is c1ncc(SC2=NCC(Cc3c4c(cc5c3CCC5)CCC4)=N2)cn1. The van der Waals surface area contributed by atoms with Gasteiger partial charge in [-0.3, -0.25) is 4.99 Å². The summed E-state index contributed by atoms with van der Waals surface area (Å²) in [6.07, 6.45) is 13.8. The highest BCUT2D eigenvalue weighted by molar-refractivity contribution is 8.14. The zero-order valence-corrected chi connectivity index (χ0v) is 15.0. The largest absolute Gasteiger partial charge is 0.254 e. The molecule has 0 N–H and O–H groups in total. The highest BCUT2D eigenvalue weighted by Gasteiger charge is 2.25. The second-order valence-electron chi connectivity index (χ2n) is 6.97. The Morgan fingerprint density at radius 3 is 2.36 bits per heavy atom. The summed E-state index contributed by atoms with van der Waals surface area (Å²) >= 11 is 1.55. The van der Waals surface area contributed by atoms with Crippen molar-refractivity contribution < 1.29 is 0 Å². The van der Waals surface area contributed by atoms with Gasteiger partial charge in [-0.25, -0.2) is 15.0 Å². The lowest BCUT2D eigenvalue weighted by atomic mass is 9.91. The maximum absolute atomic E-state index is 4.80. The molecule has 2 aromatic rings. The molecule has 0 amide bonds. The van der Waals surface area contributed by atoms with E-state index in [1.54, 1.807) is 45.9 Å². The van der Waals surface area contributed by atoms with Crippen molar-refractivity contribution in [2.75, 3.05) is 6.54 Å². The monoisotopic (exact) mass is 348 g/mol. The topological polar surface area (TPSA) is 50.5 Å². The number of nitrogens with zero attached hydrogens (tertiary/aromatic N) is 4. The van der Waals surface area contributed by atoms with E-state index >= 15 is 0 Å². The van der Waals surface area contributed by atoms with Gasteiger partial charge in [0, 0.05) is 24.5 Å². The van der Waals surface area contributed by atoms with Gasteiger partial charge in [-0.15, -0.1) is 0 Å². The fourth-order valence-electron chi connectivity index (χ4n) is 4.31. The molecule has 0 atom stereocenters. The van der Waals surface area contributed by atoms with Crippen LogP contribution in [-0.4, -0.2) is 27.4 Å². The summed E-state index contributed by atoms with van der Waals surface area (Å²) in [5.74, 6) is 0. The van der Waals surface area contributed by atoms with Gasteiger partial charge in [0.25, 0.3) is 0 Å². The van der Waals surface area contributed by atoms with Gasteiger partial charge in [-0.1, -0.05) is 6.07 Å². The number of aromatic nitrogens is 2. The third-order valence-electron chi connectivity index (χ3n) is 5.38. The van der Waals surface area contributed by atoms with E-state index in [-0.39, 0.29) is 0 Å². The minimum absolute atomic E-state index is 0.731. The van der Waals surface area contributed by atoms with Crippen molar-refractivity contribution in [1.82, 2.24) is 9.97 Å². The fourth-order valence-corrected chi connectivity index (χ4v) is 5.05. The molecule has 2 heterocycles. The van der Waals surface area contributed by atoms with Crippen LogP contribution in [0.15, 0.2) is 39.7 Å². The Labute approximate surface area is 151 Å². The normalized spacial score (nSPS) is 18.1. The summed E-state index contributed by atoms with van der Waals surface area (Å²) in [4.78, 5) is 18.5. The summed E-state index contributed by atoms with van der Waals surface area (Å²) in [6.45, 7) is 0.731. The van der Waals surface area contributed by atoms with Crippen LogP contribution in [0.25, 0.3) is 0 Å². The molecule has 1 aliphatic heterocycles. The first-order valence-electron chi connectivity index (χ1n) is 9.06. The molecule has 0 saturated carbocycles. The zero-order chi connectivity index (χ0) is 16.6. The highest BCUT2D eigenvalue weighted by Crippen LogP contribution is 2.36. The van der Waals surface area contributed by atoms with Crippen molar-refractivity contribution >= 4 is 22.6 Å². The van der Waals surface area contributed by atoms with Gasteiger partial charge in [0.05, 0.1) is 11.4 Å². The predicted octanol–water partition coefficient (Wildman–Crippen LogP) is 3.60. The quantitative estimate of drug-likeness (QED) is 0.851. The Bertz CT molecular complexity index is 854. The minimum Gasteiger partial charge on any atom is -0.254 e. The van der Waals surface area contributed by atoms with Crippen molar-refractivity contribution in [3.63, 3.8) is 0 Å². The average molecular weight is 348 g/mol. The molecular formula is C20H20N4S. The van der Waals surface area contributed by atoms with Crippen LogP contribution >= 0.6 is 11.8 Å². The van der Waals surface area contributed by atoms with Crippen LogP contribution in [0.3, 0.4) is 0 Å². The molecule has 126 valence electrons. The van der Waals surface area contributed by atoms with Crippen LogP contribution in [-0.2, 0) is 32.1 Å². The fraction of sp³-hybridized carbons (Fsp3) is 0.400. The van der Waals surface area contributed by atoms with Gasteiger partial charge < -0.3 is 0 Å². The molecule has 0 saturated heterocycles. The van der Waals surface area contributed by atoms with Crippen LogP contribution < -0.4 is 0 Å². The first kappa shape index (κ1) is 15.3. The zero-order valence-electron chi connectivity index (χ0n) is 14.2. The molecule has 2 aliphatic carbocycles. The Morgan fingerprint density at radius 1 is 0.920 bits per heavy atom. The number of rotatable bonds is 3. The Balaban J connectivity index is 1.40. The van der Waals surface area contributed by atoms with Gasteiger partial charge in [0.2, 0.25) is 0 Å². The maximum Gasteiger partial charge on any atom is 0.188 e. The number of hydrogen-bond donors (Lipinski definition) is 0. The van der Waals surface area contributed by atoms with Gasteiger partial charge in [-0.2, -0.15) is 0 Å². The van der Waals surface area contributed by atoms with E-state index in [1.165, 1.54) is 44.2 Å². The summed E-state index contributed by atoms with van der Waals surface area (Å²) in [6, 6.07) is 2.50. The van der Waals surface area contributed by atoms with E-state index in [0.29, 0.717) is 0 Å². The van der Waals surface area contributed by atoms with Crippen LogP contribution in [0.4, 0.5) is 0 Å². The summed E-state index contributed by atoms with van der Waals surface area (Å²) in [7, 11) is 0. The average Bonchev–Trinajstić information content (AvgIpc) is 3.36. The molecule has 4 nitrogen and oxygen atoms in total. The van der Waals surface area contributed by atoms with E-state index in [4.69, 9.17) is 4.99 Å². The number of thioether (sulfide) groups is 1. The first-order chi connectivity index (χ1) is 12.4. The molecule has 5 heteroatoms. The third kappa shape index (κ3) is 2.91. The molecule has 0 unspecified atom stereocenters. The van der Waals surface area contributed by atoms with Crippen molar-refractivity contribution in [3.05, 3.63) is 52.6 Å². The molecule has 0 spiro atoms. The third-order valence-corrected chi connectivity index (χ3v) is 6.22. The molecule has 25 heavy (non-hydrogen) atoms. The van der Waals surface area contributed by atoms with Crippen molar-refractivity contribution in [2.24, 2.45) is 9.98 Å². The number of aryl methyl sites for hydroxylation is 2. The number of amidine groups is 1. The molecule has 0 bridgehead atoms. The van der Waals surface area contributed by atoms with Crippen molar-refractivity contribution in [1.29, 1.82) is 0 Å². The Hall–Kier alpha value is -2.01. The number of fused-ring (bicyclic) bond motifs is 2. The van der Waals surface area contributed by atoms with Crippen LogP contribution in [0.5, 0.6) is 0 Å². The Kier molecular flexibility index (Phi) is 3.89. The van der Waals surface area contributed by atoms with E-state index in [2.05, 4.69) is 21.0 Å². The van der Waals surface area contributed by atoms with Crippen molar-refractivity contribution in [2.45, 2.75) is 49.8 Å². The lowest BCUT2D eigenvalue weighted by Crippen LogP contribution is -2.10. The smallest absolute Gasteiger partial charge is 0.188 e. The molecule has 3 aliphatic rings. The number of aliphatic imine (C=N–C) groups is 2. The summed E-state index contributed by atoms with van der Waals surface area (Å²) < 4.78 is 0. The lowest BCUT2D eigenvalue weighted by molar-refractivity contribution is 0.890. The second kappa shape index (κ2) is 6.37. The van der Waals surface area contributed by atoms with E-state index in [9.17, 15) is 0 Å². The number of benzene rings is 1. The summed E-state index contributed by atoms with van der Waals surface area (Å²) in [5.41, 5.74) is 9.25.